The molecule has 11 nitrogen and oxygen atoms in total. The molecule has 1 aliphatic rings. The van der Waals surface area contributed by atoms with Crippen molar-refractivity contribution in [2.24, 2.45) is 0 Å². The zero-order valence-corrected chi connectivity index (χ0v) is 23.1. The number of benzene rings is 1. The zero-order chi connectivity index (χ0) is 27.6. The van der Waals surface area contributed by atoms with Gasteiger partial charge in [0.25, 0.3) is 5.91 Å². The summed E-state index contributed by atoms with van der Waals surface area (Å²) < 4.78 is 9.83. The fourth-order valence-corrected chi connectivity index (χ4v) is 4.94. The van der Waals surface area contributed by atoms with Gasteiger partial charge in [-0.15, -0.1) is 0 Å². The smallest absolute Gasteiger partial charge is 0.410 e. The van der Waals surface area contributed by atoms with Crippen molar-refractivity contribution in [3.05, 3.63) is 60.0 Å². The summed E-state index contributed by atoms with van der Waals surface area (Å²) in [4.78, 5) is 42.9. The van der Waals surface area contributed by atoms with Crippen LogP contribution in [0.5, 0.6) is 0 Å². The Hall–Kier alpha value is -4.32. The van der Waals surface area contributed by atoms with Gasteiger partial charge in [-0.3, -0.25) is 9.78 Å². The third kappa shape index (κ3) is 6.23. The first kappa shape index (κ1) is 26.3. The number of para-hydroxylation sites is 2. The van der Waals surface area contributed by atoms with Gasteiger partial charge in [0, 0.05) is 26.2 Å². The van der Waals surface area contributed by atoms with E-state index in [2.05, 4.69) is 34.9 Å². The topological polar surface area (TPSA) is 125 Å². The molecular formula is C27H30N8O3S. The van der Waals surface area contributed by atoms with Crippen LogP contribution < -0.4 is 15.5 Å². The molecule has 0 saturated carbocycles. The molecule has 2 amide bonds. The highest BCUT2D eigenvalue weighted by Gasteiger charge is 2.26. The molecule has 0 bridgehead atoms. The zero-order valence-electron chi connectivity index (χ0n) is 22.3. The van der Waals surface area contributed by atoms with Crippen LogP contribution in [0, 0.1) is 6.92 Å². The minimum Gasteiger partial charge on any atom is -0.444 e. The summed E-state index contributed by atoms with van der Waals surface area (Å²) in [5.41, 5.74) is 2.65. The van der Waals surface area contributed by atoms with Crippen LogP contribution in [-0.2, 0) is 4.74 Å². The summed E-state index contributed by atoms with van der Waals surface area (Å²) in [6, 6.07) is 11.3. The fraction of sp³-hybridized carbons (Fsp3) is 0.333. The highest BCUT2D eigenvalue weighted by atomic mass is 32.1. The van der Waals surface area contributed by atoms with Crippen molar-refractivity contribution < 1.29 is 14.3 Å². The molecule has 4 heterocycles. The molecule has 202 valence electrons. The van der Waals surface area contributed by atoms with Crippen LogP contribution in [0.25, 0.3) is 11.0 Å². The molecule has 1 aromatic carbocycles. The van der Waals surface area contributed by atoms with Gasteiger partial charge in [-0.25, -0.2) is 14.8 Å². The van der Waals surface area contributed by atoms with E-state index >= 15 is 0 Å². The second-order valence-electron chi connectivity index (χ2n) is 10.2. The van der Waals surface area contributed by atoms with Crippen molar-refractivity contribution in [2.75, 3.05) is 41.7 Å². The normalized spacial score (nSPS) is 13.8. The van der Waals surface area contributed by atoms with Gasteiger partial charge >= 0.3 is 6.09 Å². The van der Waals surface area contributed by atoms with Gasteiger partial charge in [0.15, 0.2) is 0 Å². The van der Waals surface area contributed by atoms with E-state index in [0.717, 1.165) is 16.9 Å². The van der Waals surface area contributed by atoms with Crippen LogP contribution >= 0.6 is 11.5 Å². The number of aryl methyl sites for hydroxylation is 1. The maximum absolute atomic E-state index is 13.2. The van der Waals surface area contributed by atoms with Gasteiger partial charge in [0.05, 0.1) is 40.4 Å². The van der Waals surface area contributed by atoms with E-state index in [0.29, 0.717) is 53.9 Å². The number of nitrogens with zero attached hydrogens (tertiary/aromatic N) is 6. The lowest BCUT2D eigenvalue weighted by Crippen LogP contribution is -2.50. The highest BCUT2D eigenvalue weighted by Crippen LogP contribution is 2.29. The SMILES string of the molecule is Cc1nsc(Nc2cnc3ccccc3n2)c1C(=O)Nc1ccc(N2CCN(C(=O)OC(C)(C)C)CC2)nc1. The molecule has 1 aliphatic heterocycles. The van der Waals surface area contributed by atoms with Crippen molar-refractivity contribution in [1.82, 2.24) is 24.2 Å². The third-order valence-electron chi connectivity index (χ3n) is 6.04. The molecule has 4 aromatic rings. The standard InChI is InChI=1S/C27H30N8O3S/c1-17-23(25(39-33-17)32-21-16-28-19-7-5-6-8-20(19)31-21)24(36)30-18-9-10-22(29-15-18)34-11-13-35(14-12-34)26(37)38-27(2,3)4/h5-10,15-16H,11-14H2,1-4H3,(H,30,36)(H,31,32). The van der Waals surface area contributed by atoms with Gasteiger partial charge in [-0.2, -0.15) is 4.37 Å². The van der Waals surface area contributed by atoms with Gasteiger partial charge in [0.1, 0.15) is 22.2 Å². The van der Waals surface area contributed by atoms with Crippen LogP contribution in [0.4, 0.5) is 27.1 Å². The van der Waals surface area contributed by atoms with E-state index in [4.69, 9.17) is 4.74 Å². The Morgan fingerprint density at radius 2 is 1.72 bits per heavy atom. The fourth-order valence-electron chi connectivity index (χ4n) is 4.14. The maximum atomic E-state index is 13.2. The van der Waals surface area contributed by atoms with Crippen LogP contribution in [0.2, 0.25) is 0 Å². The molecule has 12 heteroatoms. The lowest BCUT2D eigenvalue weighted by atomic mass is 10.2. The lowest BCUT2D eigenvalue weighted by Gasteiger charge is -2.36. The number of carbonyl (C=O) groups excluding carboxylic acids is 2. The first-order chi connectivity index (χ1) is 18.7. The van der Waals surface area contributed by atoms with E-state index in [1.54, 1.807) is 24.2 Å². The number of anilines is 4. The van der Waals surface area contributed by atoms with Crippen molar-refractivity contribution in [1.29, 1.82) is 0 Å². The predicted octanol–water partition coefficient (Wildman–Crippen LogP) is 4.84. The summed E-state index contributed by atoms with van der Waals surface area (Å²) in [5.74, 6) is 1.02. The van der Waals surface area contributed by atoms with E-state index < -0.39 is 5.60 Å². The molecule has 0 atom stereocenters. The number of rotatable bonds is 5. The van der Waals surface area contributed by atoms with Crippen LogP contribution in [0.1, 0.15) is 36.8 Å². The number of nitrogens with one attached hydrogen (secondary N) is 2. The molecule has 1 saturated heterocycles. The van der Waals surface area contributed by atoms with Crippen molar-refractivity contribution in [2.45, 2.75) is 33.3 Å². The summed E-state index contributed by atoms with van der Waals surface area (Å²) in [6.45, 7) is 9.76. The van der Waals surface area contributed by atoms with Gasteiger partial charge < -0.3 is 25.2 Å². The average molecular weight is 547 g/mol. The molecule has 1 fully saturated rings. The van der Waals surface area contributed by atoms with Crippen LogP contribution in [0.3, 0.4) is 0 Å². The Labute approximate surface area is 230 Å². The predicted molar refractivity (Wildman–Crippen MR) is 152 cm³/mol. The minimum absolute atomic E-state index is 0.293. The van der Waals surface area contributed by atoms with Gasteiger partial charge in [0.2, 0.25) is 0 Å². The minimum atomic E-state index is -0.519. The molecule has 0 radical (unpaired) electrons. The molecule has 0 aliphatic carbocycles. The van der Waals surface area contributed by atoms with E-state index in [1.165, 1.54) is 11.5 Å². The molecular weight excluding hydrogens is 516 g/mol. The second-order valence-corrected chi connectivity index (χ2v) is 10.9. The number of piperazine rings is 1. The van der Waals surface area contributed by atoms with Crippen LogP contribution in [-0.4, -0.2) is 68.0 Å². The largest absolute Gasteiger partial charge is 0.444 e. The molecule has 39 heavy (non-hydrogen) atoms. The molecule has 5 rings (SSSR count). The van der Waals surface area contributed by atoms with Crippen LogP contribution in [0.15, 0.2) is 48.8 Å². The number of carbonyl (C=O) groups is 2. The van der Waals surface area contributed by atoms with Crippen molar-refractivity contribution in [3.63, 3.8) is 0 Å². The summed E-state index contributed by atoms with van der Waals surface area (Å²) in [5, 5.41) is 6.69. The quantitative estimate of drug-likeness (QED) is 0.361. The molecule has 2 N–H and O–H groups in total. The van der Waals surface area contributed by atoms with Crippen molar-refractivity contribution >= 4 is 56.9 Å². The maximum Gasteiger partial charge on any atom is 0.410 e. The summed E-state index contributed by atoms with van der Waals surface area (Å²) in [6.07, 6.45) is 2.97. The number of hydrogen-bond donors (Lipinski definition) is 2. The first-order valence-corrected chi connectivity index (χ1v) is 13.4. The molecule has 0 spiro atoms. The number of ether oxygens (including phenoxy) is 1. The molecule has 3 aromatic heterocycles. The molecule has 0 unspecified atom stereocenters. The Balaban J connectivity index is 1.21. The number of fused-ring (bicyclic) bond motifs is 1. The van der Waals surface area contributed by atoms with E-state index in [1.807, 2.05) is 57.2 Å². The first-order valence-electron chi connectivity index (χ1n) is 12.6. The van der Waals surface area contributed by atoms with Gasteiger partial charge in [-0.05, 0) is 63.5 Å². The summed E-state index contributed by atoms with van der Waals surface area (Å²) in [7, 11) is 0. The number of hydrogen-bond acceptors (Lipinski definition) is 10. The Morgan fingerprint density at radius 1 is 0.974 bits per heavy atom. The van der Waals surface area contributed by atoms with Crippen molar-refractivity contribution in [3.8, 4) is 0 Å². The summed E-state index contributed by atoms with van der Waals surface area (Å²) >= 11 is 1.19. The number of pyridine rings is 1. The second kappa shape index (κ2) is 10.8. The Bertz CT molecular complexity index is 1490. The Kier molecular flexibility index (Phi) is 7.29. The van der Waals surface area contributed by atoms with Gasteiger partial charge in [-0.1, -0.05) is 12.1 Å². The van der Waals surface area contributed by atoms with E-state index in [9.17, 15) is 9.59 Å². The van der Waals surface area contributed by atoms with E-state index in [-0.39, 0.29) is 12.0 Å². The monoisotopic (exact) mass is 546 g/mol. The number of aromatic nitrogens is 4. The third-order valence-corrected chi connectivity index (χ3v) is 6.89. The lowest BCUT2D eigenvalue weighted by molar-refractivity contribution is 0.0240. The Morgan fingerprint density at radius 3 is 2.41 bits per heavy atom. The average Bonchev–Trinajstić information content (AvgIpc) is 3.28. The number of amides is 2. The highest BCUT2D eigenvalue weighted by molar-refractivity contribution is 7.10.